The van der Waals surface area contributed by atoms with Crippen molar-refractivity contribution < 1.29 is 0 Å². The van der Waals surface area contributed by atoms with Crippen molar-refractivity contribution >= 4 is 0 Å². The predicted octanol–water partition coefficient (Wildman–Crippen LogP) is 2.10. The molecule has 0 aliphatic rings. The number of aromatic nitrogens is 2. The number of rotatable bonds is 3. The summed E-state index contributed by atoms with van der Waals surface area (Å²) in [5.74, 6) is 0.853. The summed E-state index contributed by atoms with van der Waals surface area (Å²) in [6, 6.07) is 10.2. The zero-order valence-corrected chi connectivity index (χ0v) is 8.83. The van der Waals surface area contributed by atoms with Gasteiger partial charge in [0.05, 0.1) is 12.2 Å². The minimum atomic E-state index is 0.458. The van der Waals surface area contributed by atoms with Crippen molar-refractivity contribution in [1.29, 1.82) is 0 Å². The maximum Gasteiger partial charge on any atom is 0.120 e. The van der Waals surface area contributed by atoms with Gasteiger partial charge in [0, 0.05) is 11.3 Å². The summed E-state index contributed by atoms with van der Waals surface area (Å²) in [4.78, 5) is 7.73. The van der Waals surface area contributed by atoms with Crippen LogP contribution in [0.2, 0.25) is 0 Å². The van der Waals surface area contributed by atoms with E-state index in [9.17, 15) is 0 Å². The third kappa shape index (κ3) is 1.92. The van der Waals surface area contributed by atoms with Crippen molar-refractivity contribution in [2.45, 2.75) is 19.9 Å². The third-order valence-electron chi connectivity index (χ3n) is 2.42. The van der Waals surface area contributed by atoms with Crippen LogP contribution in [-0.2, 0) is 13.0 Å². The Hall–Kier alpha value is -1.61. The van der Waals surface area contributed by atoms with Gasteiger partial charge in [0.1, 0.15) is 5.82 Å². The number of hydrogen-bond donors (Lipinski definition) is 2. The van der Waals surface area contributed by atoms with E-state index < -0.39 is 0 Å². The number of hydrogen-bond acceptors (Lipinski definition) is 2. The van der Waals surface area contributed by atoms with Crippen LogP contribution in [-0.4, -0.2) is 9.97 Å². The van der Waals surface area contributed by atoms with Crippen LogP contribution >= 0.6 is 0 Å². The van der Waals surface area contributed by atoms with E-state index in [0.717, 1.165) is 29.2 Å². The Morgan fingerprint density at radius 3 is 2.60 bits per heavy atom. The van der Waals surface area contributed by atoms with Gasteiger partial charge in [-0.2, -0.15) is 0 Å². The number of aryl methyl sites for hydroxylation is 1. The highest BCUT2D eigenvalue weighted by Crippen LogP contribution is 2.21. The first kappa shape index (κ1) is 9.93. The minimum absolute atomic E-state index is 0.458. The average molecular weight is 201 g/mol. The molecule has 0 aliphatic carbocycles. The predicted molar refractivity (Wildman–Crippen MR) is 61.3 cm³/mol. The van der Waals surface area contributed by atoms with E-state index in [0.29, 0.717) is 6.54 Å². The SMILES string of the molecule is CCc1[nH]c(CN)nc1-c1ccccc1. The van der Waals surface area contributed by atoms with Gasteiger partial charge in [-0.25, -0.2) is 4.98 Å². The van der Waals surface area contributed by atoms with Crippen molar-refractivity contribution in [2.75, 3.05) is 0 Å². The first-order valence-electron chi connectivity index (χ1n) is 5.18. The molecule has 0 aliphatic heterocycles. The van der Waals surface area contributed by atoms with Crippen LogP contribution in [0.15, 0.2) is 30.3 Å². The highest BCUT2D eigenvalue weighted by molar-refractivity contribution is 5.61. The summed E-state index contributed by atoms with van der Waals surface area (Å²) in [5, 5.41) is 0. The van der Waals surface area contributed by atoms with Crippen LogP contribution in [0.25, 0.3) is 11.3 Å². The van der Waals surface area contributed by atoms with Crippen LogP contribution in [0, 0.1) is 0 Å². The zero-order chi connectivity index (χ0) is 10.7. The molecule has 2 rings (SSSR count). The van der Waals surface area contributed by atoms with E-state index in [1.54, 1.807) is 0 Å². The molecule has 3 N–H and O–H groups in total. The zero-order valence-electron chi connectivity index (χ0n) is 8.83. The van der Waals surface area contributed by atoms with Crippen LogP contribution in [0.3, 0.4) is 0 Å². The Labute approximate surface area is 89.4 Å². The van der Waals surface area contributed by atoms with Crippen molar-refractivity contribution in [3.8, 4) is 11.3 Å². The molecular weight excluding hydrogens is 186 g/mol. The van der Waals surface area contributed by atoms with Crippen LogP contribution < -0.4 is 5.73 Å². The summed E-state index contributed by atoms with van der Waals surface area (Å²) in [7, 11) is 0. The number of nitrogens with zero attached hydrogens (tertiary/aromatic N) is 1. The van der Waals surface area contributed by atoms with E-state index in [-0.39, 0.29) is 0 Å². The molecule has 0 spiro atoms. The molecule has 1 heterocycles. The van der Waals surface area contributed by atoms with Crippen molar-refractivity contribution in [2.24, 2.45) is 5.73 Å². The number of imidazole rings is 1. The smallest absolute Gasteiger partial charge is 0.120 e. The van der Waals surface area contributed by atoms with Gasteiger partial charge in [-0.1, -0.05) is 37.3 Å². The standard InChI is InChI=1S/C12H15N3/c1-2-10-12(15-11(8-13)14-10)9-6-4-3-5-7-9/h3-7H,2,8,13H2,1H3,(H,14,15). The van der Waals surface area contributed by atoms with E-state index >= 15 is 0 Å². The van der Waals surface area contributed by atoms with E-state index in [1.807, 2.05) is 18.2 Å². The maximum absolute atomic E-state index is 5.57. The summed E-state index contributed by atoms with van der Waals surface area (Å²) in [6.07, 6.45) is 0.942. The second kappa shape index (κ2) is 4.28. The number of nitrogens with one attached hydrogen (secondary N) is 1. The quantitative estimate of drug-likeness (QED) is 0.799. The Balaban J connectivity index is 2.47. The van der Waals surface area contributed by atoms with Gasteiger partial charge >= 0.3 is 0 Å². The molecule has 0 radical (unpaired) electrons. The number of benzene rings is 1. The fourth-order valence-electron chi connectivity index (χ4n) is 1.65. The van der Waals surface area contributed by atoms with Crippen LogP contribution in [0.1, 0.15) is 18.4 Å². The molecule has 0 fully saturated rings. The number of H-pyrrole nitrogens is 1. The highest BCUT2D eigenvalue weighted by Gasteiger charge is 2.09. The first-order valence-corrected chi connectivity index (χ1v) is 5.18. The van der Waals surface area contributed by atoms with E-state index in [4.69, 9.17) is 5.73 Å². The van der Waals surface area contributed by atoms with Crippen molar-refractivity contribution in [3.05, 3.63) is 41.9 Å². The van der Waals surface area contributed by atoms with Crippen LogP contribution in [0.5, 0.6) is 0 Å². The molecule has 0 bridgehead atoms. The Morgan fingerprint density at radius 2 is 2.00 bits per heavy atom. The molecule has 3 nitrogen and oxygen atoms in total. The summed E-state index contributed by atoms with van der Waals surface area (Å²) < 4.78 is 0. The molecule has 0 atom stereocenters. The van der Waals surface area contributed by atoms with Crippen molar-refractivity contribution in [1.82, 2.24) is 9.97 Å². The molecule has 0 saturated carbocycles. The lowest BCUT2D eigenvalue weighted by Gasteiger charge is -1.98. The van der Waals surface area contributed by atoms with E-state index in [1.165, 1.54) is 0 Å². The lowest BCUT2D eigenvalue weighted by atomic mass is 10.1. The van der Waals surface area contributed by atoms with Gasteiger partial charge in [-0.15, -0.1) is 0 Å². The molecule has 1 aromatic carbocycles. The van der Waals surface area contributed by atoms with Gasteiger partial charge in [0.2, 0.25) is 0 Å². The Bertz CT molecular complexity index is 431. The fraction of sp³-hybridized carbons (Fsp3) is 0.250. The molecular formula is C12H15N3. The van der Waals surface area contributed by atoms with Gasteiger partial charge in [0.25, 0.3) is 0 Å². The average Bonchev–Trinajstić information content (AvgIpc) is 2.73. The molecule has 0 unspecified atom stereocenters. The molecule has 3 heteroatoms. The minimum Gasteiger partial charge on any atom is -0.344 e. The van der Waals surface area contributed by atoms with Gasteiger partial charge in [-0.3, -0.25) is 0 Å². The topological polar surface area (TPSA) is 54.7 Å². The second-order valence-corrected chi connectivity index (χ2v) is 3.43. The normalized spacial score (nSPS) is 10.5. The molecule has 1 aromatic heterocycles. The molecule has 78 valence electrons. The van der Waals surface area contributed by atoms with Gasteiger partial charge in [0.15, 0.2) is 0 Å². The van der Waals surface area contributed by atoms with Gasteiger partial charge < -0.3 is 10.7 Å². The Kier molecular flexibility index (Phi) is 2.83. The summed E-state index contributed by atoms with van der Waals surface area (Å²) in [5.41, 5.74) is 8.90. The third-order valence-corrected chi connectivity index (χ3v) is 2.42. The first-order chi connectivity index (χ1) is 7.35. The van der Waals surface area contributed by atoms with Gasteiger partial charge in [-0.05, 0) is 6.42 Å². The molecule has 15 heavy (non-hydrogen) atoms. The number of nitrogens with two attached hydrogens (primary N) is 1. The van der Waals surface area contributed by atoms with E-state index in [2.05, 4.69) is 29.0 Å². The Morgan fingerprint density at radius 1 is 1.27 bits per heavy atom. The largest absolute Gasteiger partial charge is 0.344 e. The lowest BCUT2D eigenvalue weighted by Crippen LogP contribution is -1.98. The summed E-state index contributed by atoms with van der Waals surface area (Å²) in [6.45, 7) is 2.57. The number of aromatic amines is 1. The molecule has 2 aromatic rings. The second-order valence-electron chi connectivity index (χ2n) is 3.43. The molecule has 0 amide bonds. The van der Waals surface area contributed by atoms with Crippen molar-refractivity contribution in [3.63, 3.8) is 0 Å². The lowest BCUT2D eigenvalue weighted by molar-refractivity contribution is 0.932. The summed E-state index contributed by atoms with van der Waals surface area (Å²) >= 11 is 0. The maximum atomic E-state index is 5.57. The van der Waals surface area contributed by atoms with Crippen LogP contribution in [0.4, 0.5) is 0 Å². The molecule has 0 saturated heterocycles. The monoisotopic (exact) mass is 201 g/mol. The fourth-order valence-corrected chi connectivity index (χ4v) is 1.65. The highest BCUT2D eigenvalue weighted by atomic mass is 15.0.